The molecule has 4 aromatic rings. The van der Waals surface area contributed by atoms with E-state index in [0.29, 0.717) is 6.04 Å². The van der Waals surface area contributed by atoms with Gasteiger partial charge in [0.05, 0.1) is 15.9 Å². The number of aromatic nitrogens is 2. The summed E-state index contributed by atoms with van der Waals surface area (Å²) in [6, 6.07) is 16.5. The van der Waals surface area contributed by atoms with E-state index in [1.165, 1.54) is 12.8 Å². The third-order valence-electron chi connectivity index (χ3n) is 5.12. The van der Waals surface area contributed by atoms with Crippen LogP contribution in [-0.4, -0.2) is 21.3 Å². The second-order valence-electron chi connectivity index (χ2n) is 6.88. The molecule has 2 aromatic carbocycles. The fourth-order valence-electron chi connectivity index (χ4n) is 3.73. The molecule has 0 spiro atoms. The Morgan fingerprint density at radius 1 is 1.12 bits per heavy atom. The molecule has 2 heterocycles. The van der Waals surface area contributed by atoms with Gasteiger partial charge in [0.15, 0.2) is 4.96 Å². The Labute approximate surface area is 155 Å². The molecule has 5 rings (SSSR count). The molecule has 1 fully saturated rings. The first-order chi connectivity index (χ1) is 12.8. The largest absolute Gasteiger partial charge is 0.349 e. The Bertz CT molecular complexity index is 1090. The van der Waals surface area contributed by atoms with Crippen molar-refractivity contribution in [1.82, 2.24) is 14.7 Å². The zero-order valence-corrected chi connectivity index (χ0v) is 15.1. The van der Waals surface area contributed by atoms with Crippen LogP contribution in [0, 0.1) is 0 Å². The highest BCUT2D eigenvalue weighted by atomic mass is 32.1. The highest BCUT2D eigenvalue weighted by molar-refractivity contribution is 7.23. The molecule has 0 atom stereocenters. The maximum absolute atomic E-state index is 12.5. The van der Waals surface area contributed by atoms with Gasteiger partial charge >= 0.3 is 0 Å². The molecule has 1 N–H and O–H groups in total. The van der Waals surface area contributed by atoms with E-state index in [1.54, 1.807) is 11.3 Å². The first-order valence-corrected chi connectivity index (χ1v) is 9.87. The number of carbonyl (C=O) groups is 1. The van der Waals surface area contributed by atoms with Crippen LogP contribution in [0.5, 0.6) is 0 Å². The van der Waals surface area contributed by atoms with E-state index in [-0.39, 0.29) is 5.91 Å². The second kappa shape index (κ2) is 6.25. The lowest BCUT2D eigenvalue weighted by molar-refractivity contribution is 0.0938. The SMILES string of the molecule is O=C(NC1CCCC1)c1ccc2c(c1)sc1nc(-c3ccccc3)cn12. The molecule has 5 heteroatoms. The molecule has 4 nitrogen and oxygen atoms in total. The van der Waals surface area contributed by atoms with Gasteiger partial charge in [-0.05, 0) is 31.0 Å². The number of rotatable bonds is 3. The van der Waals surface area contributed by atoms with Gasteiger partial charge in [-0.15, -0.1) is 0 Å². The average molecular weight is 361 g/mol. The number of benzene rings is 2. The maximum Gasteiger partial charge on any atom is 0.251 e. The van der Waals surface area contributed by atoms with E-state index < -0.39 is 0 Å². The number of amides is 1. The maximum atomic E-state index is 12.5. The standard InChI is InChI=1S/C21H19N3OS/c25-20(22-16-8-4-5-9-16)15-10-11-18-19(12-15)26-21-23-17(13-24(18)21)14-6-2-1-3-7-14/h1-3,6-7,10-13,16H,4-5,8-9H2,(H,22,25). The summed E-state index contributed by atoms with van der Waals surface area (Å²) in [6.07, 6.45) is 6.71. The number of imidazole rings is 1. The van der Waals surface area contributed by atoms with Crippen LogP contribution in [-0.2, 0) is 0 Å². The van der Waals surface area contributed by atoms with Crippen molar-refractivity contribution in [2.24, 2.45) is 0 Å². The fourth-order valence-corrected chi connectivity index (χ4v) is 4.78. The summed E-state index contributed by atoms with van der Waals surface area (Å²) in [6.45, 7) is 0. The Kier molecular flexibility index (Phi) is 3.75. The quantitative estimate of drug-likeness (QED) is 0.565. The van der Waals surface area contributed by atoms with Crippen molar-refractivity contribution in [3.63, 3.8) is 0 Å². The summed E-state index contributed by atoms with van der Waals surface area (Å²) in [5.41, 5.74) is 3.92. The van der Waals surface area contributed by atoms with Gasteiger partial charge in [-0.2, -0.15) is 0 Å². The number of carbonyl (C=O) groups excluding carboxylic acids is 1. The number of fused-ring (bicyclic) bond motifs is 3. The molecule has 0 unspecified atom stereocenters. The molecule has 1 aliphatic carbocycles. The van der Waals surface area contributed by atoms with Crippen molar-refractivity contribution in [1.29, 1.82) is 0 Å². The smallest absolute Gasteiger partial charge is 0.251 e. The van der Waals surface area contributed by atoms with Crippen LogP contribution in [0.2, 0.25) is 0 Å². The van der Waals surface area contributed by atoms with Crippen molar-refractivity contribution >= 4 is 32.4 Å². The van der Waals surface area contributed by atoms with Gasteiger partial charge < -0.3 is 5.32 Å². The van der Waals surface area contributed by atoms with Gasteiger partial charge in [0, 0.05) is 23.4 Å². The lowest BCUT2D eigenvalue weighted by Gasteiger charge is -2.11. The summed E-state index contributed by atoms with van der Waals surface area (Å²) in [5, 5.41) is 3.16. The third-order valence-corrected chi connectivity index (χ3v) is 6.13. The van der Waals surface area contributed by atoms with Gasteiger partial charge in [-0.3, -0.25) is 9.20 Å². The van der Waals surface area contributed by atoms with Crippen molar-refractivity contribution in [2.45, 2.75) is 31.7 Å². The van der Waals surface area contributed by atoms with Crippen LogP contribution in [0.4, 0.5) is 0 Å². The molecular formula is C21H19N3OS. The number of thiazole rings is 1. The molecule has 1 amide bonds. The second-order valence-corrected chi connectivity index (χ2v) is 7.89. The minimum absolute atomic E-state index is 0.0369. The van der Waals surface area contributed by atoms with Crippen LogP contribution in [0.15, 0.2) is 54.7 Å². The Balaban J connectivity index is 1.48. The van der Waals surface area contributed by atoms with E-state index in [4.69, 9.17) is 4.98 Å². The van der Waals surface area contributed by atoms with Gasteiger partial charge in [-0.25, -0.2) is 4.98 Å². The van der Waals surface area contributed by atoms with Crippen molar-refractivity contribution in [2.75, 3.05) is 0 Å². The predicted molar refractivity (Wildman–Crippen MR) is 106 cm³/mol. The van der Waals surface area contributed by atoms with Crippen molar-refractivity contribution in [3.05, 3.63) is 60.3 Å². The minimum Gasteiger partial charge on any atom is -0.349 e. The van der Waals surface area contributed by atoms with Gasteiger partial charge in [0.25, 0.3) is 5.91 Å². The highest BCUT2D eigenvalue weighted by Crippen LogP contribution is 2.30. The van der Waals surface area contributed by atoms with Gasteiger partial charge in [0.1, 0.15) is 0 Å². The Hall–Kier alpha value is -2.66. The molecule has 0 saturated heterocycles. The summed E-state index contributed by atoms with van der Waals surface area (Å²) < 4.78 is 3.20. The molecule has 0 bridgehead atoms. The Morgan fingerprint density at radius 3 is 2.73 bits per heavy atom. The van der Waals surface area contributed by atoms with Gasteiger partial charge in [-0.1, -0.05) is 54.5 Å². The summed E-state index contributed by atoms with van der Waals surface area (Å²) in [7, 11) is 0. The number of nitrogens with one attached hydrogen (secondary N) is 1. The zero-order valence-electron chi connectivity index (χ0n) is 14.3. The molecular weight excluding hydrogens is 342 g/mol. The molecule has 1 saturated carbocycles. The fraction of sp³-hybridized carbons (Fsp3) is 0.238. The Morgan fingerprint density at radius 2 is 1.92 bits per heavy atom. The monoisotopic (exact) mass is 361 g/mol. The molecule has 26 heavy (non-hydrogen) atoms. The molecule has 2 aromatic heterocycles. The average Bonchev–Trinajstić information content (AvgIpc) is 3.38. The van der Waals surface area contributed by atoms with Crippen molar-refractivity contribution < 1.29 is 4.79 Å². The lowest BCUT2D eigenvalue weighted by Crippen LogP contribution is -2.32. The normalized spacial score (nSPS) is 15.1. The van der Waals surface area contributed by atoms with Crippen LogP contribution < -0.4 is 5.32 Å². The van der Waals surface area contributed by atoms with E-state index in [9.17, 15) is 4.79 Å². The number of hydrogen-bond donors (Lipinski definition) is 1. The first kappa shape index (κ1) is 15.6. The topological polar surface area (TPSA) is 46.4 Å². The number of nitrogens with zero attached hydrogens (tertiary/aromatic N) is 2. The lowest BCUT2D eigenvalue weighted by atomic mass is 10.1. The minimum atomic E-state index is 0.0369. The van der Waals surface area contributed by atoms with E-state index in [0.717, 1.165) is 44.8 Å². The van der Waals surface area contributed by atoms with Crippen LogP contribution in [0.25, 0.3) is 26.4 Å². The number of hydrogen-bond acceptors (Lipinski definition) is 3. The highest BCUT2D eigenvalue weighted by Gasteiger charge is 2.19. The van der Waals surface area contributed by atoms with E-state index >= 15 is 0 Å². The summed E-state index contributed by atoms with van der Waals surface area (Å²) in [4.78, 5) is 18.2. The van der Waals surface area contributed by atoms with Crippen LogP contribution in [0.3, 0.4) is 0 Å². The summed E-state index contributed by atoms with van der Waals surface area (Å²) in [5.74, 6) is 0.0369. The zero-order chi connectivity index (χ0) is 17.5. The molecule has 0 radical (unpaired) electrons. The third kappa shape index (κ3) is 2.69. The van der Waals surface area contributed by atoms with Crippen molar-refractivity contribution in [3.8, 4) is 11.3 Å². The molecule has 1 aliphatic rings. The van der Waals surface area contributed by atoms with Crippen LogP contribution >= 0.6 is 11.3 Å². The van der Waals surface area contributed by atoms with Crippen LogP contribution in [0.1, 0.15) is 36.0 Å². The van der Waals surface area contributed by atoms with Gasteiger partial charge in [0.2, 0.25) is 0 Å². The summed E-state index contributed by atoms with van der Waals surface area (Å²) >= 11 is 1.62. The first-order valence-electron chi connectivity index (χ1n) is 9.06. The molecule has 0 aliphatic heterocycles. The van der Waals surface area contributed by atoms with E-state index in [1.807, 2.05) is 36.4 Å². The van der Waals surface area contributed by atoms with E-state index in [2.05, 4.69) is 28.0 Å². The molecule has 130 valence electrons. The predicted octanol–water partition coefficient (Wildman–Crippen LogP) is 4.89.